The van der Waals surface area contributed by atoms with Crippen molar-refractivity contribution in [3.8, 4) is 11.5 Å². The molecule has 16 heavy (non-hydrogen) atoms. The van der Waals surface area contributed by atoms with Gasteiger partial charge in [-0.2, -0.15) is 0 Å². The molecule has 1 aromatic carbocycles. The summed E-state index contributed by atoms with van der Waals surface area (Å²) in [5, 5.41) is 0.803. The molecule has 1 aliphatic rings. The molecule has 1 N–H and O–H groups in total. The van der Waals surface area contributed by atoms with Crippen molar-refractivity contribution in [3.63, 3.8) is 0 Å². The van der Waals surface area contributed by atoms with Gasteiger partial charge in [-0.3, -0.25) is 0 Å². The van der Waals surface area contributed by atoms with Crippen molar-refractivity contribution in [1.29, 1.82) is 0 Å². The summed E-state index contributed by atoms with van der Waals surface area (Å²) in [6.45, 7) is 0.179. The minimum Gasteiger partial charge on any atom is -0.454 e. The first-order valence-corrected chi connectivity index (χ1v) is 7.16. The number of alkyl halides is 1. The summed E-state index contributed by atoms with van der Waals surface area (Å²) in [7, 11) is 0. The monoisotopic (exact) mass is 306 g/mol. The van der Waals surface area contributed by atoms with Gasteiger partial charge in [-0.05, 0) is 18.1 Å². The zero-order chi connectivity index (χ0) is 11.5. The molecule has 0 saturated heterocycles. The molecule has 0 aliphatic carbocycles. The van der Waals surface area contributed by atoms with Gasteiger partial charge in [-0.15, -0.1) is 0 Å². The van der Waals surface area contributed by atoms with Crippen molar-refractivity contribution in [2.75, 3.05) is 12.1 Å². The molecule has 1 atom stereocenters. The quantitative estimate of drug-likeness (QED) is 0.683. The first-order chi connectivity index (χ1) is 7.72. The van der Waals surface area contributed by atoms with Gasteiger partial charge in [0.05, 0.1) is 5.75 Å². The average Bonchev–Trinajstić information content (AvgIpc) is 2.69. The van der Waals surface area contributed by atoms with Gasteiger partial charge >= 0.3 is 0 Å². The van der Waals surface area contributed by atoms with E-state index in [9.17, 15) is 4.21 Å². The van der Waals surface area contributed by atoms with Gasteiger partial charge in [-0.25, -0.2) is 4.21 Å². The van der Waals surface area contributed by atoms with Gasteiger partial charge in [0.2, 0.25) is 6.79 Å². The van der Waals surface area contributed by atoms with Crippen LogP contribution in [0.5, 0.6) is 11.5 Å². The lowest BCUT2D eigenvalue weighted by Gasteiger charge is -2.09. The second-order valence-electron chi connectivity index (χ2n) is 3.34. The summed E-state index contributed by atoms with van der Waals surface area (Å²) >= 11 is 1.48. The Hall–Kier alpha value is -0.590. The fourth-order valence-electron chi connectivity index (χ4n) is 1.69. The minimum absolute atomic E-state index is 0.0782. The number of hydrogen-bond donors (Lipinski definition) is 1. The van der Waals surface area contributed by atoms with Crippen LogP contribution >= 0.6 is 15.9 Å². The molecule has 0 fully saturated rings. The van der Waals surface area contributed by atoms with Crippen LogP contribution in [0.1, 0.15) is 11.1 Å². The van der Waals surface area contributed by atoms with E-state index < -0.39 is 11.1 Å². The van der Waals surface area contributed by atoms with Crippen LogP contribution in [0, 0.1) is 0 Å². The molecule has 1 aliphatic heterocycles. The Morgan fingerprint density at radius 3 is 2.94 bits per heavy atom. The highest BCUT2D eigenvalue weighted by molar-refractivity contribution is 9.09. The average molecular weight is 307 g/mol. The topological polar surface area (TPSA) is 55.8 Å². The van der Waals surface area contributed by atoms with E-state index in [1.54, 1.807) is 0 Å². The van der Waals surface area contributed by atoms with Crippen LogP contribution in [0.15, 0.2) is 12.1 Å². The summed E-state index contributed by atoms with van der Waals surface area (Å²) in [6.07, 6.45) is 0.795. The van der Waals surface area contributed by atoms with E-state index in [1.807, 2.05) is 12.1 Å². The molecule has 6 heteroatoms. The SMILES string of the molecule is O=S(O)Cc1c(CCBr)ccc2c1OCO2. The minimum atomic E-state index is -1.87. The Kier molecular flexibility index (Phi) is 3.83. The highest BCUT2D eigenvalue weighted by atomic mass is 79.9. The molecule has 0 bridgehead atoms. The fourth-order valence-corrected chi connectivity index (χ4v) is 2.68. The molecule has 1 heterocycles. The highest BCUT2D eigenvalue weighted by Crippen LogP contribution is 2.38. The van der Waals surface area contributed by atoms with E-state index >= 15 is 0 Å². The van der Waals surface area contributed by atoms with E-state index in [-0.39, 0.29) is 12.5 Å². The van der Waals surface area contributed by atoms with Crippen LogP contribution in [0.25, 0.3) is 0 Å². The van der Waals surface area contributed by atoms with Gasteiger partial charge < -0.3 is 14.0 Å². The predicted molar refractivity (Wildman–Crippen MR) is 64.5 cm³/mol. The van der Waals surface area contributed by atoms with E-state index in [0.717, 1.165) is 22.9 Å². The van der Waals surface area contributed by atoms with Crippen LogP contribution in [0.2, 0.25) is 0 Å². The third-order valence-electron chi connectivity index (χ3n) is 2.37. The normalized spacial score (nSPS) is 15.1. The Morgan fingerprint density at radius 2 is 2.25 bits per heavy atom. The van der Waals surface area contributed by atoms with Gasteiger partial charge in [0.1, 0.15) is 0 Å². The van der Waals surface area contributed by atoms with E-state index in [1.165, 1.54) is 0 Å². The molecule has 4 nitrogen and oxygen atoms in total. The zero-order valence-corrected chi connectivity index (χ0v) is 10.8. The number of fused-ring (bicyclic) bond motifs is 1. The summed E-state index contributed by atoms with van der Waals surface area (Å²) in [5.41, 5.74) is 1.79. The van der Waals surface area contributed by atoms with Gasteiger partial charge in [0.15, 0.2) is 22.6 Å². The van der Waals surface area contributed by atoms with Crippen LogP contribution in [0.4, 0.5) is 0 Å². The predicted octanol–water partition coefficient (Wildman–Crippen LogP) is 2.07. The largest absolute Gasteiger partial charge is 0.454 e. The van der Waals surface area contributed by atoms with Crippen LogP contribution in [0.3, 0.4) is 0 Å². The number of ether oxygens (including phenoxy) is 2. The molecule has 0 saturated carbocycles. The maximum atomic E-state index is 10.9. The fraction of sp³-hybridized carbons (Fsp3) is 0.400. The summed E-state index contributed by atoms with van der Waals surface area (Å²) in [6, 6.07) is 3.75. The lowest BCUT2D eigenvalue weighted by molar-refractivity contribution is 0.173. The smallest absolute Gasteiger partial charge is 0.231 e. The van der Waals surface area contributed by atoms with E-state index in [4.69, 9.17) is 14.0 Å². The standard InChI is InChI=1S/C10H11BrO4S/c11-4-3-7-1-2-9-10(15-6-14-9)8(7)5-16(12)13/h1-2H,3-6H2,(H,12,13). The Labute approximate surface area is 104 Å². The van der Waals surface area contributed by atoms with Crippen LogP contribution < -0.4 is 9.47 Å². The Morgan fingerprint density at radius 1 is 1.44 bits per heavy atom. The lowest BCUT2D eigenvalue weighted by Crippen LogP contribution is -2.02. The number of benzene rings is 1. The summed E-state index contributed by atoms with van der Waals surface area (Å²) < 4.78 is 30.5. The lowest BCUT2D eigenvalue weighted by atomic mass is 10.1. The highest BCUT2D eigenvalue weighted by Gasteiger charge is 2.21. The van der Waals surface area contributed by atoms with Crippen molar-refractivity contribution in [1.82, 2.24) is 0 Å². The molecule has 0 aromatic heterocycles. The number of rotatable bonds is 4. The van der Waals surface area contributed by atoms with Crippen molar-refractivity contribution < 1.29 is 18.2 Å². The second-order valence-corrected chi connectivity index (χ2v) is 5.07. The van der Waals surface area contributed by atoms with Crippen LogP contribution in [-0.4, -0.2) is 20.9 Å². The third kappa shape index (κ3) is 2.39. The maximum Gasteiger partial charge on any atom is 0.231 e. The summed E-state index contributed by atoms with van der Waals surface area (Å²) in [5.74, 6) is 1.34. The first-order valence-electron chi connectivity index (χ1n) is 4.76. The van der Waals surface area contributed by atoms with Gasteiger partial charge in [0.25, 0.3) is 0 Å². The van der Waals surface area contributed by atoms with Crippen molar-refractivity contribution in [2.45, 2.75) is 12.2 Å². The molecule has 2 rings (SSSR count). The Balaban J connectivity index is 2.42. The molecule has 88 valence electrons. The first kappa shape index (κ1) is 11.9. The zero-order valence-electron chi connectivity index (χ0n) is 8.44. The van der Waals surface area contributed by atoms with Gasteiger partial charge in [0, 0.05) is 10.9 Å². The molecule has 1 aromatic rings. The number of hydrogen-bond acceptors (Lipinski definition) is 3. The van der Waals surface area contributed by atoms with E-state index in [2.05, 4.69) is 15.9 Å². The van der Waals surface area contributed by atoms with Gasteiger partial charge in [-0.1, -0.05) is 22.0 Å². The maximum absolute atomic E-state index is 10.9. The van der Waals surface area contributed by atoms with E-state index in [0.29, 0.717) is 11.5 Å². The number of aryl methyl sites for hydroxylation is 1. The Bertz CT molecular complexity index is 422. The molecular weight excluding hydrogens is 296 g/mol. The second kappa shape index (κ2) is 5.16. The summed E-state index contributed by atoms with van der Waals surface area (Å²) in [4.78, 5) is 0. The van der Waals surface area contributed by atoms with Crippen LogP contribution in [-0.2, 0) is 23.3 Å². The molecule has 0 spiro atoms. The number of halogens is 1. The third-order valence-corrected chi connectivity index (χ3v) is 3.30. The molecule has 0 amide bonds. The van der Waals surface area contributed by atoms with Crippen molar-refractivity contribution in [2.24, 2.45) is 0 Å². The molecule has 0 radical (unpaired) electrons. The molecular formula is C10H11BrO4S. The van der Waals surface area contributed by atoms with Crippen molar-refractivity contribution >= 4 is 27.0 Å². The molecule has 1 unspecified atom stereocenters. The van der Waals surface area contributed by atoms with Crippen molar-refractivity contribution in [3.05, 3.63) is 23.3 Å².